The van der Waals surface area contributed by atoms with Crippen LogP contribution in [0.5, 0.6) is 0 Å². The van der Waals surface area contributed by atoms with Crippen molar-refractivity contribution in [1.82, 2.24) is 4.90 Å². The smallest absolute Gasteiger partial charge is 0.407 e. The predicted octanol–water partition coefficient (Wildman–Crippen LogP) is 3.65. The molecule has 0 aromatic heterocycles. The lowest BCUT2D eigenvalue weighted by atomic mass is 9.97. The Morgan fingerprint density at radius 2 is 1.91 bits per heavy atom. The number of carboxylic acid groups (broad SMARTS) is 1. The van der Waals surface area contributed by atoms with Gasteiger partial charge in [0.15, 0.2) is 0 Å². The number of carbonyl (C=O) groups is 1. The predicted molar refractivity (Wildman–Crippen MR) is 77.9 cm³/mol. The summed E-state index contributed by atoms with van der Waals surface area (Å²) in [6.07, 6.45) is -1.24. The van der Waals surface area contributed by atoms with Crippen LogP contribution in [0.25, 0.3) is 11.1 Å². The molecule has 0 unspecified atom stereocenters. The molecule has 0 aliphatic heterocycles. The molecule has 8 heteroatoms. The van der Waals surface area contributed by atoms with Gasteiger partial charge in [0.1, 0.15) is 5.82 Å². The van der Waals surface area contributed by atoms with E-state index in [9.17, 15) is 23.7 Å². The normalized spacial score (nSPS) is 10.4. The molecule has 0 aliphatic rings. The van der Waals surface area contributed by atoms with Gasteiger partial charge < -0.3 is 10.0 Å². The number of hydrogen-bond donors (Lipinski definition) is 1. The SMILES string of the molecule is CN(Cc1cccc(F)c1-c1cccc([N+](=O)[O-])c1F)C(=O)O. The van der Waals surface area contributed by atoms with Gasteiger partial charge in [-0.05, 0) is 11.6 Å². The molecule has 0 bridgehead atoms. The summed E-state index contributed by atoms with van der Waals surface area (Å²) in [7, 11) is 1.28. The van der Waals surface area contributed by atoms with Gasteiger partial charge in [0.25, 0.3) is 0 Å². The van der Waals surface area contributed by atoms with Crippen molar-refractivity contribution in [1.29, 1.82) is 0 Å². The van der Waals surface area contributed by atoms with Crippen molar-refractivity contribution in [2.75, 3.05) is 7.05 Å². The minimum absolute atomic E-state index is 0.190. The number of nitro benzene ring substituents is 1. The molecule has 2 aromatic rings. The van der Waals surface area contributed by atoms with Crippen LogP contribution in [0.4, 0.5) is 19.3 Å². The molecule has 0 aliphatic carbocycles. The fourth-order valence-corrected chi connectivity index (χ4v) is 2.18. The number of rotatable bonds is 4. The quantitative estimate of drug-likeness (QED) is 0.688. The molecule has 0 saturated heterocycles. The molecule has 2 aromatic carbocycles. The lowest BCUT2D eigenvalue weighted by Crippen LogP contribution is -2.24. The number of halogens is 2. The van der Waals surface area contributed by atoms with E-state index in [-0.39, 0.29) is 23.2 Å². The Balaban J connectivity index is 2.62. The monoisotopic (exact) mass is 322 g/mol. The van der Waals surface area contributed by atoms with E-state index >= 15 is 0 Å². The second kappa shape index (κ2) is 6.39. The van der Waals surface area contributed by atoms with Gasteiger partial charge in [0.2, 0.25) is 5.82 Å². The first-order valence-electron chi connectivity index (χ1n) is 6.47. The van der Waals surface area contributed by atoms with Crippen LogP contribution < -0.4 is 0 Å². The van der Waals surface area contributed by atoms with Crippen molar-refractivity contribution >= 4 is 11.8 Å². The van der Waals surface area contributed by atoms with Crippen molar-refractivity contribution in [3.8, 4) is 11.1 Å². The largest absolute Gasteiger partial charge is 0.465 e. The Kier molecular flexibility index (Phi) is 4.54. The average molecular weight is 322 g/mol. The molecular weight excluding hydrogens is 310 g/mol. The summed E-state index contributed by atoms with van der Waals surface area (Å²) in [5.74, 6) is -1.96. The van der Waals surface area contributed by atoms with Crippen LogP contribution in [-0.2, 0) is 6.54 Å². The van der Waals surface area contributed by atoms with E-state index in [4.69, 9.17) is 5.11 Å². The van der Waals surface area contributed by atoms with Crippen molar-refractivity contribution in [3.63, 3.8) is 0 Å². The molecule has 0 radical (unpaired) electrons. The Morgan fingerprint density at radius 3 is 2.52 bits per heavy atom. The summed E-state index contributed by atoms with van der Waals surface area (Å²) in [5, 5.41) is 19.7. The molecule has 23 heavy (non-hydrogen) atoms. The first kappa shape index (κ1) is 16.3. The van der Waals surface area contributed by atoms with E-state index < -0.39 is 28.3 Å². The molecule has 0 atom stereocenters. The van der Waals surface area contributed by atoms with Crippen LogP contribution in [0.3, 0.4) is 0 Å². The van der Waals surface area contributed by atoms with Gasteiger partial charge in [0, 0.05) is 30.8 Å². The van der Waals surface area contributed by atoms with E-state index in [2.05, 4.69) is 0 Å². The van der Waals surface area contributed by atoms with E-state index in [0.29, 0.717) is 0 Å². The van der Waals surface area contributed by atoms with Crippen molar-refractivity contribution < 1.29 is 23.6 Å². The fourth-order valence-electron chi connectivity index (χ4n) is 2.18. The standard InChI is InChI=1S/C15H12F2N2O4/c1-18(15(20)21)8-9-4-2-6-11(16)13(9)10-5-3-7-12(14(10)17)19(22)23/h2-7H,8H2,1H3,(H,20,21). The number of nitro groups is 1. The second-order valence-electron chi connectivity index (χ2n) is 4.81. The van der Waals surface area contributed by atoms with Gasteiger partial charge in [-0.25, -0.2) is 9.18 Å². The highest BCUT2D eigenvalue weighted by Crippen LogP contribution is 2.33. The zero-order chi connectivity index (χ0) is 17.1. The van der Waals surface area contributed by atoms with Crippen LogP contribution in [-0.4, -0.2) is 28.1 Å². The van der Waals surface area contributed by atoms with Crippen LogP contribution >= 0.6 is 0 Å². The molecule has 120 valence electrons. The first-order valence-corrected chi connectivity index (χ1v) is 6.47. The summed E-state index contributed by atoms with van der Waals surface area (Å²) in [5.41, 5.74) is -1.05. The Morgan fingerprint density at radius 1 is 1.26 bits per heavy atom. The topological polar surface area (TPSA) is 83.7 Å². The highest BCUT2D eigenvalue weighted by Gasteiger charge is 2.23. The van der Waals surface area contributed by atoms with Gasteiger partial charge in [-0.3, -0.25) is 10.1 Å². The summed E-state index contributed by atoms with van der Waals surface area (Å²) in [6.45, 7) is -0.190. The highest BCUT2D eigenvalue weighted by atomic mass is 19.1. The van der Waals surface area contributed by atoms with Gasteiger partial charge in [-0.15, -0.1) is 0 Å². The lowest BCUT2D eigenvalue weighted by molar-refractivity contribution is -0.387. The minimum Gasteiger partial charge on any atom is -0.465 e. The maximum Gasteiger partial charge on any atom is 0.407 e. The van der Waals surface area contributed by atoms with Gasteiger partial charge in [-0.1, -0.05) is 24.3 Å². The molecule has 1 N–H and O–H groups in total. The van der Waals surface area contributed by atoms with E-state index in [1.54, 1.807) is 0 Å². The maximum atomic E-state index is 14.3. The zero-order valence-electron chi connectivity index (χ0n) is 12.0. The molecule has 0 spiro atoms. The van der Waals surface area contributed by atoms with Crippen LogP contribution in [0, 0.1) is 21.7 Å². The summed E-state index contributed by atoms with van der Waals surface area (Å²) in [6, 6.07) is 7.31. The summed E-state index contributed by atoms with van der Waals surface area (Å²) in [4.78, 5) is 21.7. The number of benzene rings is 2. The highest BCUT2D eigenvalue weighted by molar-refractivity contribution is 5.72. The third-order valence-corrected chi connectivity index (χ3v) is 3.28. The van der Waals surface area contributed by atoms with Crippen LogP contribution in [0.1, 0.15) is 5.56 Å². The molecule has 1 amide bonds. The number of nitrogens with zero attached hydrogens (tertiary/aromatic N) is 2. The maximum absolute atomic E-state index is 14.3. The molecule has 0 saturated carbocycles. The summed E-state index contributed by atoms with van der Waals surface area (Å²) < 4.78 is 28.5. The van der Waals surface area contributed by atoms with Crippen LogP contribution in [0.2, 0.25) is 0 Å². The van der Waals surface area contributed by atoms with E-state index in [1.165, 1.54) is 31.3 Å². The minimum atomic E-state index is -1.24. The molecule has 6 nitrogen and oxygen atoms in total. The Hall–Kier alpha value is -3.03. The first-order chi connectivity index (χ1) is 10.8. The number of amides is 1. The lowest BCUT2D eigenvalue weighted by Gasteiger charge is -2.17. The zero-order valence-corrected chi connectivity index (χ0v) is 12.0. The van der Waals surface area contributed by atoms with Gasteiger partial charge in [-0.2, -0.15) is 4.39 Å². The third kappa shape index (κ3) is 3.25. The van der Waals surface area contributed by atoms with Crippen molar-refractivity contribution in [2.45, 2.75) is 6.54 Å². The fraction of sp³-hybridized carbons (Fsp3) is 0.133. The average Bonchev–Trinajstić information content (AvgIpc) is 2.48. The molecule has 0 fully saturated rings. The molecular formula is C15H12F2N2O4. The Labute approximate surface area is 129 Å². The van der Waals surface area contributed by atoms with E-state index in [1.807, 2.05) is 0 Å². The second-order valence-corrected chi connectivity index (χ2v) is 4.81. The van der Waals surface area contributed by atoms with Crippen LogP contribution in [0.15, 0.2) is 36.4 Å². The Bertz CT molecular complexity index is 780. The molecule has 2 rings (SSSR count). The van der Waals surface area contributed by atoms with Gasteiger partial charge >= 0.3 is 11.8 Å². The van der Waals surface area contributed by atoms with Crippen molar-refractivity contribution in [3.05, 3.63) is 63.7 Å². The van der Waals surface area contributed by atoms with Gasteiger partial charge in [0.05, 0.1) is 4.92 Å². The molecule has 0 heterocycles. The third-order valence-electron chi connectivity index (χ3n) is 3.28. The van der Waals surface area contributed by atoms with E-state index in [0.717, 1.165) is 17.0 Å². The summed E-state index contributed by atoms with van der Waals surface area (Å²) >= 11 is 0. The number of hydrogen-bond acceptors (Lipinski definition) is 3. The van der Waals surface area contributed by atoms with Crippen molar-refractivity contribution in [2.24, 2.45) is 0 Å².